The van der Waals surface area contributed by atoms with Crippen molar-refractivity contribution >= 4 is 34.6 Å². The predicted octanol–water partition coefficient (Wildman–Crippen LogP) is 5.33. The second-order valence-corrected chi connectivity index (χ2v) is 7.61. The summed E-state index contributed by atoms with van der Waals surface area (Å²) in [7, 11) is 1.62. The van der Waals surface area contributed by atoms with Crippen LogP contribution in [0.3, 0.4) is 0 Å². The zero-order valence-corrected chi connectivity index (χ0v) is 17.8. The summed E-state index contributed by atoms with van der Waals surface area (Å²) in [4.78, 5) is 17.6. The number of aliphatic imine (C=N–C) groups is 1. The summed E-state index contributed by atoms with van der Waals surface area (Å²) in [5, 5.41) is 3.44. The van der Waals surface area contributed by atoms with Crippen molar-refractivity contribution in [2.75, 3.05) is 13.7 Å². The van der Waals surface area contributed by atoms with E-state index in [0.29, 0.717) is 28.2 Å². The number of rotatable bonds is 8. The number of amidine groups is 1. The molecule has 3 rings (SSSR count). The molecule has 0 atom stereocenters. The topological polar surface area (TPSA) is 59.9 Å². The number of amides is 1. The van der Waals surface area contributed by atoms with Gasteiger partial charge < -0.3 is 14.8 Å². The minimum Gasteiger partial charge on any atom is -0.493 e. The smallest absolute Gasteiger partial charge is 0.264 e. The maximum atomic E-state index is 12.4. The fraction of sp³-hybridized carbons (Fsp3) is 0.304. The number of hydrogen-bond donors (Lipinski definition) is 1. The van der Waals surface area contributed by atoms with E-state index in [4.69, 9.17) is 9.47 Å². The van der Waals surface area contributed by atoms with Crippen LogP contribution >= 0.6 is 11.8 Å². The Labute approximate surface area is 176 Å². The number of unbranched alkanes of at least 4 members (excludes halogenated alkanes) is 1. The first-order chi connectivity index (χ1) is 14.1. The number of aryl methyl sites for hydroxylation is 1. The fourth-order valence-electron chi connectivity index (χ4n) is 2.88. The molecule has 1 N–H and O–H groups in total. The van der Waals surface area contributed by atoms with Gasteiger partial charge in [0.2, 0.25) is 0 Å². The van der Waals surface area contributed by atoms with Crippen LogP contribution in [0.2, 0.25) is 0 Å². The highest BCUT2D eigenvalue weighted by Crippen LogP contribution is 2.32. The number of ether oxygens (including phenoxy) is 2. The molecule has 0 unspecified atom stereocenters. The highest BCUT2D eigenvalue weighted by atomic mass is 32.2. The first kappa shape index (κ1) is 21.0. The third kappa shape index (κ3) is 5.41. The molecule has 2 aromatic rings. The van der Waals surface area contributed by atoms with Crippen LogP contribution in [0.15, 0.2) is 52.4 Å². The summed E-state index contributed by atoms with van der Waals surface area (Å²) >= 11 is 1.34. The van der Waals surface area contributed by atoms with E-state index in [-0.39, 0.29) is 5.91 Å². The van der Waals surface area contributed by atoms with Crippen molar-refractivity contribution in [2.45, 2.75) is 33.1 Å². The van der Waals surface area contributed by atoms with Gasteiger partial charge in [0.05, 0.1) is 24.3 Å². The lowest BCUT2D eigenvalue weighted by molar-refractivity contribution is -0.115. The Morgan fingerprint density at radius 3 is 2.72 bits per heavy atom. The van der Waals surface area contributed by atoms with Crippen molar-refractivity contribution in [1.29, 1.82) is 0 Å². The van der Waals surface area contributed by atoms with Crippen molar-refractivity contribution < 1.29 is 14.3 Å². The summed E-state index contributed by atoms with van der Waals surface area (Å²) in [6, 6.07) is 13.6. The fourth-order valence-corrected chi connectivity index (χ4v) is 3.71. The van der Waals surface area contributed by atoms with E-state index >= 15 is 0 Å². The van der Waals surface area contributed by atoms with Gasteiger partial charge in [0.25, 0.3) is 5.91 Å². The minimum absolute atomic E-state index is 0.148. The number of methoxy groups -OCH3 is 1. The van der Waals surface area contributed by atoms with Crippen LogP contribution in [0.5, 0.6) is 11.5 Å². The van der Waals surface area contributed by atoms with Crippen molar-refractivity contribution in [3.8, 4) is 11.5 Å². The summed E-state index contributed by atoms with van der Waals surface area (Å²) in [6.07, 6.45) is 4.80. The van der Waals surface area contributed by atoms with Crippen molar-refractivity contribution in [1.82, 2.24) is 5.32 Å². The Balaban J connectivity index is 1.78. The molecule has 152 valence electrons. The number of carbonyl (C=O) groups excluding carboxylic acids is 1. The summed E-state index contributed by atoms with van der Waals surface area (Å²) in [5.41, 5.74) is 2.91. The molecule has 1 amide bonds. The summed E-state index contributed by atoms with van der Waals surface area (Å²) < 4.78 is 11.2. The quantitative estimate of drug-likeness (QED) is 0.472. The van der Waals surface area contributed by atoms with Gasteiger partial charge in [-0.1, -0.05) is 44.5 Å². The van der Waals surface area contributed by atoms with Crippen LogP contribution in [0.25, 0.3) is 6.08 Å². The van der Waals surface area contributed by atoms with Gasteiger partial charge in [-0.15, -0.1) is 0 Å². The molecular formula is C23H26N2O3S. The number of carbonyl (C=O) groups is 1. The molecule has 1 saturated heterocycles. The van der Waals surface area contributed by atoms with E-state index in [2.05, 4.69) is 24.2 Å². The van der Waals surface area contributed by atoms with Gasteiger partial charge in [0, 0.05) is 0 Å². The molecule has 0 saturated carbocycles. The summed E-state index contributed by atoms with van der Waals surface area (Å²) in [5.74, 6) is 1.22. The second-order valence-electron chi connectivity index (χ2n) is 6.58. The lowest BCUT2D eigenvalue weighted by Crippen LogP contribution is -2.19. The SMILES string of the molecule is CCCCOc1ccc(/C=C2\SC(=Nc3ccccc3CC)NC2=O)cc1OC. The lowest BCUT2D eigenvalue weighted by Gasteiger charge is -2.11. The van der Waals surface area contributed by atoms with E-state index in [1.807, 2.05) is 48.5 Å². The number of hydrogen-bond acceptors (Lipinski definition) is 5. The molecule has 0 aliphatic carbocycles. The number of thioether (sulfide) groups is 1. The highest BCUT2D eigenvalue weighted by molar-refractivity contribution is 8.18. The normalized spacial score (nSPS) is 16.3. The average molecular weight is 411 g/mol. The van der Waals surface area contributed by atoms with Crippen LogP contribution in [0, 0.1) is 0 Å². The third-order valence-corrected chi connectivity index (χ3v) is 5.40. The second kappa shape index (κ2) is 10.2. The average Bonchev–Trinajstić information content (AvgIpc) is 3.08. The van der Waals surface area contributed by atoms with Gasteiger partial charge in [-0.25, -0.2) is 4.99 Å². The Bertz CT molecular complexity index is 937. The van der Waals surface area contributed by atoms with Crippen LogP contribution in [0.4, 0.5) is 5.69 Å². The molecule has 1 heterocycles. The van der Waals surface area contributed by atoms with Crippen LogP contribution < -0.4 is 14.8 Å². The lowest BCUT2D eigenvalue weighted by atomic mass is 10.1. The molecule has 1 aliphatic heterocycles. The van der Waals surface area contributed by atoms with Gasteiger partial charge in [-0.3, -0.25) is 4.79 Å². The zero-order valence-electron chi connectivity index (χ0n) is 17.0. The largest absolute Gasteiger partial charge is 0.493 e. The molecule has 6 heteroatoms. The molecule has 0 spiro atoms. The number of para-hydroxylation sites is 1. The Hall–Kier alpha value is -2.73. The maximum Gasteiger partial charge on any atom is 0.264 e. The van der Waals surface area contributed by atoms with Gasteiger partial charge in [-0.2, -0.15) is 0 Å². The molecule has 0 radical (unpaired) electrons. The maximum absolute atomic E-state index is 12.4. The Morgan fingerprint density at radius 2 is 1.97 bits per heavy atom. The molecule has 0 aromatic heterocycles. The van der Waals surface area contributed by atoms with E-state index in [1.54, 1.807) is 7.11 Å². The standard InChI is InChI=1S/C23H26N2O3S/c1-4-6-13-28-19-12-11-16(14-20(19)27-3)15-21-22(26)25-23(29-21)24-18-10-8-7-9-17(18)5-2/h7-12,14-15H,4-6,13H2,1-3H3,(H,24,25,26)/b21-15-. The van der Waals surface area contributed by atoms with Crippen molar-refractivity contribution in [3.63, 3.8) is 0 Å². The first-order valence-corrected chi connectivity index (χ1v) is 10.6. The number of nitrogens with zero attached hydrogens (tertiary/aromatic N) is 1. The van der Waals surface area contributed by atoms with Crippen molar-refractivity contribution in [2.24, 2.45) is 4.99 Å². The predicted molar refractivity (Wildman–Crippen MR) is 120 cm³/mol. The van der Waals surface area contributed by atoms with E-state index < -0.39 is 0 Å². The highest BCUT2D eigenvalue weighted by Gasteiger charge is 2.24. The molecule has 1 fully saturated rings. The van der Waals surface area contributed by atoms with Crippen LogP contribution in [-0.2, 0) is 11.2 Å². The van der Waals surface area contributed by atoms with Crippen molar-refractivity contribution in [3.05, 3.63) is 58.5 Å². The van der Waals surface area contributed by atoms with Gasteiger partial charge in [0.1, 0.15) is 0 Å². The molecule has 2 aromatic carbocycles. The molecule has 29 heavy (non-hydrogen) atoms. The van der Waals surface area contributed by atoms with Crippen LogP contribution in [-0.4, -0.2) is 24.8 Å². The molecule has 0 bridgehead atoms. The Kier molecular flexibility index (Phi) is 7.36. The number of nitrogens with one attached hydrogen (secondary N) is 1. The van der Waals surface area contributed by atoms with E-state index in [9.17, 15) is 4.79 Å². The third-order valence-electron chi connectivity index (χ3n) is 4.49. The van der Waals surface area contributed by atoms with Gasteiger partial charge >= 0.3 is 0 Å². The minimum atomic E-state index is -0.148. The van der Waals surface area contributed by atoms with E-state index in [1.165, 1.54) is 11.8 Å². The van der Waals surface area contributed by atoms with Crippen LogP contribution in [0.1, 0.15) is 37.8 Å². The molecular weight excluding hydrogens is 384 g/mol. The summed E-state index contributed by atoms with van der Waals surface area (Å²) in [6.45, 7) is 4.87. The van der Waals surface area contributed by atoms with Gasteiger partial charge in [-0.05, 0) is 60.0 Å². The Morgan fingerprint density at radius 1 is 1.14 bits per heavy atom. The first-order valence-electron chi connectivity index (χ1n) is 9.83. The molecule has 1 aliphatic rings. The molecule has 5 nitrogen and oxygen atoms in total. The van der Waals surface area contributed by atoms with Gasteiger partial charge in [0.15, 0.2) is 16.7 Å². The van der Waals surface area contributed by atoms with E-state index in [0.717, 1.165) is 36.1 Å². The zero-order chi connectivity index (χ0) is 20.6. The monoisotopic (exact) mass is 410 g/mol. The number of benzene rings is 2.